The highest BCUT2D eigenvalue weighted by Crippen LogP contribution is 2.28. The van der Waals surface area contributed by atoms with Crippen molar-refractivity contribution in [3.05, 3.63) is 42.0 Å². The highest BCUT2D eigenvalue weighted by atomic mass is 19.1. The Morgan fingerprint density at radius 1 is 1.27 bits per heavy atom. The number of hydrogen-bond acceptors (Lipinski definition) is 3. The van der Waals surface area contributed by atoms with Gasteiger partial charge in [-0.25, -0.2) is 4.39 Å². The zero-order chi connectivity index (χ0) is 15.1. The normalized spacial score (nSPS) is 26.3. The van der Waals surface area contributed by atoms with Gasteiger partial charge in [0.2, 0.25) is 0 Å². The van der Waals surface area contributed by atoms with Crippen LogP contribution in [0.2, 0.25) is 0 Å². The summed E-state index contributed by atoms with van der Waals surface area (Å²) in [6.07, 6.45) is 4.51. The van der Waals surface area contributed by atoms with Crippen LogP contribution < -0.4 is 10.6 Å². The lowest BCUT2D eigenvalue weighted by Crippen LogP contribution is -2.43. The second-order valence-corrected chi connectivity index (χ2v) is 6.01. The van der Waals surface area contributed by atoms with Gasteiger partial charge in [0.05, 0.1) is 17.6 Å². The molecule has 2 bridgehead atoms. The Bertz CT molecular complexity index is 696. The quantitative estimate of drug-likeness (QED) is 0.810. The van der Waals surface area contributed by atoms with Crippen molar-refractivity contribution >= 4 is 5.91 Å². The van der Waals surface area contributed by atoms with Crippen LogP contribution in [-0.4, -0.2) is 34.0 Å². The maximum Gasteiger partial charge on any atom is 0.267 e. The van der Waals surface area contributed by atoms with E-state index in [1.807, 2.05) is 0 Å². The van der Waals surface area contributed by atoms with Gasteiger partial charge in [-0.1, -0.05) is 0 Å². The molecule has 0 spiro atoms. The second-order valence-electron chi connectivity index (χ2n) is 6.01. The maximum atomic E-state index is 12.9. The number of nitrogens with zero attached hydrogens (tertiary/aromatic N) is 1. The average molecular weight is 300 g/mol. The summed E-state index contributed by atoms with van der Waals surface area (Å²) in [4.78, 5) is 19.4. The standard InChI is InChI=1S/C16H17FN4O/c17-9-1-3-11(18-8-9)12-5-6-14(20-12)16(22)21-15-7-10-2-4-13(15)19-10/h1,3,5-6,8,10,13,15,19-20H,2,4,7H2,(H,21,22)/t10-,13+,15-/m1/s1. The highest BCUT2D eigenvalue weighted by Gasteiger charge is 2.39. The third kappa shape index (κ3) is 2.39. The minimum absolute atomic E-state index is 0.104. The fourth-order valence-electron chi connectivity index (χ4n) is 3.44. The fourth-order valence-corrected chi connectivity index (χ4v) is 3.44. The van der Waals surface area contributed by atoms with E-state index < -0.39 is 0 Å². The van der Waals surface area contributed by atoms with Gasteiger partial charge in [0.25, 0.3) is 5.91 Å². The number of carbonyl (C=O) groups excluding carboxylic acids is 1. The molecule has 4 heterocycles. The molecule has 114 valence electrons. The van der Waals surface area contributed by atoms with Crippen LogP contribution in [0, 0.1) is 5.82 Å². The summed E-state index contributed by atoms with van der Waals surface area (Å²) in [5.74, 6) is -0.482. The van der Waals surface area contributed by atoms with Crippen molar-refractivity contribution in [1.82, 2.24) is 20.6 Å². The van der Waals surface area contributed by atoms with Gasteiger partial charge in [0.15, 0.2) is 0 Å². The van der Waals surface area contributed by atoms with E-state index in [-0.39, 0.29) is 17.8 Å². The first-order chi connectivity index (χ1) is 10.7. The molecule has 3 atom stereocenters. The molecule has 0 radical (unpaired) electrons. The summed E-state index contributed by atoms with van der Waals surface area (Å²) >= 11 is 0. The molecule has 2 aliphatic rings. The Morgan fingerprint density at radius 2 is 2.18 bits per heavy atom. The molecular formula is C16H17FN4O. The minimum Gasteiger partial charge on any atom is -0.349 e. The van der Waals surface area contributed by atoms with Gasteiger partial charge < -0.3 is 15.6 Å². The van der Waals surface area contributed by atoms with E-state index in [1.54, 1.807) is 18.2 Å². The number of halogens is 1. The van der Waals surface area contributed by atoms with Crippen LogP contribution in [0.4, 0.5) is 4.39 Å². The predicted molar refractivity (Wildman–Crippen MR) is 79.8 cm³/mol. The lowest BCUT2D eigenvalue weighted by Gasteiger charge is -2.21. The number of carbonyl (C=O) groups is 1. The Morgan fingerprint density at radius 3 is 2.86 bits per heavy atom. The van der Waals surface area contributed by atoms with Gasteiger partial charge in [0, 0.05) is 18.1 Å². The molecule has 5 nitrogen and oxygen atoms in total. The number of aromatic nitrogens is 2. The Kier molecular flexibility index (Phi) is 3.18. The number of aromatic amines is 1. The minimum atomic E-state index is -0.378. The number of pyridine rings is 1. The molecule has 2 aromatic rings. The average Bonchev–Trinajstić information content (AvgIpc) is 3.24. The van der Waals surface area contributed by atoms with E-state index in [4.69, 9.17) is 0 Å². The van der Waals surface area contributed by atoms with Crippen LogP contribution >= 0.6 is 0 Å². The fraction of sp³-hybridized carbons (Fsp3) is 0.375. The first kappa shape index (κ1) is 13.5. The zero-order valence-corrected chi connectivity index (χ0v) is 12.0. The third-order valence-corrected chi connectivity index (χ3v) is 4.55. The largest absolute Gasteiger partial charge is 0.349 e. The van der Waals surface area contributed by atoms with E-state index in [0.29, 0.717) is 29.2 Å². The molecule has 0 aromatic carbocycles. The lowest BCUT2D eigenvalue weighted by atomic mass is 9.95. The smallest absolute Gasteiger partial charge is 0.267 e. The molecule has 0 unspecified atom stereocenters. The van der Waals surface area contributed by atoms with Gasteiger partial charge in [-0.15, -0.1) is 0 Å². The van der Waals surface area contributed by atoms with Crippen molar-refractivity contribution < 1.29 is 9.18 Å². The molecule has 1 amide bonds. The van der Waals surface area contributed by atoms with Crippen molar-refractivity contribution in [3.8, 4) is 11.4 Å². The second kappa shape index (κ2) is 5.21. The molecular weight excluding hydrogens is 283 g/mol. The summed E-state index contributed by atoms with van der Waals surface area (Å²) in [6, 6.07) is 7.62. The van der Waals surface area contributed by atoms with Crippen molar-refractivity contribution in [2.45, 2.75) is 37.4 Å². The Balaban J connectivity index is 1.46. The molecule has 2 fully saturated rings. The molecule has 2 saturated heterocycles. The Hall–Kier alpha value is -2.21. The molecule has 0 saturated carbocycles. The van der Waals surface area contributed by atoms with Gasteiger partial charge in [-0.3, -0.25) is 9.78 Å². The van der Waals surface area contributed by atoms with Crippen LogP contribution in [0.5, 0.6) is 0 Å². The van der Waals surface area contributed by atoms with Crippen LogP contribution in [0.15, 0.2) is 30.5 Å². The van der Waals surface area contributed by atoms with E-state index in [1.165, 1.54) is 12.5 Å². The lowest BCUT2D eigenvalue weighted by molar-refractivity contribution is 0.0926. The summed E-state index contributed by atoms with van der Waals surface area (Å²) < 4.78 is 12.9. The van der Waals surface area contributed by atoms with E-state index in [2.05, 4.69) is 20.6 Å². The van der Waals surface area contributed by atoms with Gasteiger partial charge in [-0.05, 0) is 43.5 Å². The van der Waals surface area contributed by atoms with Crippen molar-refractivity contribution in [2.75, 3.05) is 0 Å². The van der Waals surface area contributed by atoms with Crippen molar-refractivity contribution in [2.24, 2.45) is 0 Å². The summed E-state index contributed by atoms with van der Waals surface area (Å²) in [5.41, 5.74) is 1.82. The third-order valence-electron chi connectivity index (χ3n) is 4.55. The molecule has 2 aliphatic heterocycles. The molecule has 2 aromatic heterocycles. The molecule has 22 heavy (non-hydrogen) atoms. The maximum absolute atomic E-state index is 12.9. The number of fused-ring (bicyclic) bond motifs is 2. The van der Waals surface area contributed by atoms with Crippen LogP contribution in [0.1, 0.15) is 29.8 Å². The van der Waals surface area contributed by atoms with Crippen molar-refractivity contribution in [3.63, 3.8) is 0 Å². The molecule has 0 aliphatic carbocycles. The monoisotopic (exact) mass is 300 g/mol. The van der Waals surface area contributed by atoms with Crippen molar-refractivity contribution in [1.29, 1.82) is 0 Å². The molecule has 6 heteroatoms. The van der Waals surface area contributed by atoms with Crippen LogP contribution in [0.25, 0.3) is 11.4 Å². The van der Waals surface area contributed by atoms with E-state index in [0.717, 1.165) is 19.0 Å². The molecule has 3 N–H and O–H groups in total. The van der Waals surface area contributed by atoms with E-state index in [9.17, 15) is 9.18 Å². The first-order valence-corrected chi connectivity index (χ1v) is 7.57. The highest BCUT2D eigenvalue weighted by molar-refractivity contribution is 5.93. The number of nitrogens with one attached hydrogen (secondary N) is 3. The Labute approximate surface area is 127 Å². The van der Waals surface area contributed by atoms with Gasteiger partial charge >= 0.3 is 0 Å². The summed E-state index contributed by atoms with van der Waals surface area (Å²) in [6.45, 7) is 0. The van der Waals surface area contributed by atoms with Crippen LogP contribution in [-0.2, 0) is 0 Å². The predicted octanol–water partition coefficient (Wildman–Crippen LogP) is 1.84. The number of H-pyrrole nitrogens is 1. The number of hydrogen-bond donors (Lipinski definition) is 3. The summed E-state index contributed by atoms with van der Waals surface area (Å²) in [7, 11) is 0. The van der Waals surface area contributed by atoms with Crippen LogP contribution in [0.3, 0.4) is 0 Å². The topological polar surface area (TPSA) is 69.8 Å². The van der Waals surface area contributed by atoms with Gasteiger partial charge in [0.1, 0.15) is 11.5 Å². The first-order valence-electron chi connectivity index (χ1n) is 7.57. The molecule has 4 rings (SSSR count). The number of rotatable bonds is 3. The summed E-state index contributed by atoms with van der Waals surface area (Å²) in [5, 5.41) is 6.59. The SMILES string of the molecule is O=C(N[C@@H]1C[C@H]2CC[C@@H]1N2)c1ccc(-c2ccc(F)cn2)[nH]1. The van der Waals surface area contributed by atoms with E-state index >= 15 is 0 Å². The van der Waals surface area contributed by atoms with Gasteiger partial charge in [-0.2, -0.15) is 0 Å². The zero-order valence-electron chi connectivity index (χ0n) is 12.0. The number of amides is 1.